The van der Waals surface area contributed by atoms with Gasteiger partial charge in [-0.1, -0.05) is 11.6 Å². The highest BCUT2D eigenvalue weighted by atomic mass is 127. The van der Waals surface area contributed by atoms with Crippen LogP contribution in [0.25, 0.3) is 0 Å². The van der Waals surface area contributed by atoms with Crippen LogP contribution in [0.3, 0.4) is 0 Å². The molecule has 96 valence electrons. The maximum Gasteiger partial charge on any atom is 0.251 e. The van der Waals surface area contributed by atoms with Crippen molar-refractivity contribution in [1.82, 2.24) is 5.32 Å². The van der Waals surface area contributed by atoms with Gasteiger partial charge in [-0.2, -0.15) is 0 Å². The first-order valence-corrected chi connectivity index (χ1v) is 6.45. The normalized spacial score (nSPS) is 11.5. The molecule has 0 aliphatic heterocycles. The maximum absolute atomic E-state index is 11.7. The van der Waals surface area contributed by atoms with Crippen LogP contribution < -0.4 is 11.1 Å². The minimum absolute atomic E-state index is 0. The molecule has 0 heterocycles. The van der Waals surface area contributed by atoms with Crippen LogP contribution in [0.1, 0.15) is 23.7 Å². The molecule has 0 spiro atoms. The largest absolute Gasteiger partial charge is 0.352 e. The van der Waals surface area contributed by atoms with Gasteiger partial charge in [0.2, 0.25) is 0 Å². The third kappa shape index (κ3) is 5.90. The second-order valence-electron chi connectivity index (χ2n) is 3.65. The highest BCUT2D eigenvalue weighted by Gasteiger charge is 2.07. The third-order valence-electron chi connectivity index (χ3n) is 2.07. The average Bonchev–Trinajstić information content (AvgIpc) is 2.21. The van der Waals surface area contributed by atoms with E-state index in [2.05, 4.69) is 27.9 Å². The van der Waals surface area contributed by atoms with Gasteiger partial charge in [-0.3, -0.25) is 4.79 Å². The smallest absolute Gasteiger partial charge is 0.251 e. The van der Waals surface area contributed by atoms with Crippen LogP contribution in [0.4, 0.5) is 0 Å². The number of nitrogens with two attached hydrogens (primary N) is 1. The molecule has 0 aromatic heterocycles. The Morgan fingerprint density at radius 1 is 1.59 bits per heavy atom. The standard InChI is InChI=1S/C11H14ClIN2O.ClH/c1-7(14)4-5-15-11(16)8-2-3-10(13)9(12)6-8;/h2-3,6-7H,4-5,14H2,1H3,(H,15,16);1H. The number of amides is 1. The lowest BCUT2D eigenvalue weighted by Gasteiger charge is -2.07. The number of nitrogens with one attached hydrogen (secondary N) is 1. The van der Waals surface area contributed by atoms with E-state index in [-0.39, 0.29) is 24.4 Å². The number of hydrogen-bond acceptors (Lipinski definition) is 2. The molecule has 0 radical (unpaired) electrons. The number of carbonyl (C=O) groups is 1. The van der Waals surface area contributed by atoms with E-state index in [9.17, 15) is 4.79 Å². The van der Waals surface area contributed by atoms with Crippen LogP contribution in [0.2, 0.25) is 5.02 Å². The van der Waals surface area contributed by atoms with Crippen molar-refractivity contribution in [2.45, 2.75) is 19.4 Å². The van der Waals surface area contributed by atoms with E-state index in [0.29, 0.717) is 17.1 Å². The molecule has 1 aromatic rings. The summed E-state index contributed by atoms with van der Waals surface area (Å²) in [6, 6.07) is 5.35. The molecule has 1 unspecified atom stereocenters. The molecule has 0 aliphatic rings. The monoisotopic (exact) mass is 388 g/mol. The number of halogens is 3. The Kier molecular flexibility index (Phi) is 8.11. The summed E-state index contributed by atoms with van der Waals surface area (Å²) in [5.41, 5.74) is 6.17. The fourth-order valence-electron chi connectivity index (χ4n) is 1.15. The van der Waals surface area contributed by atoms with Crippen molar-refractivity contribution in [3.05, 3.63) is 32.4 Å². The average molecular weight is 389 g/mol. The van der Waals surface area contributed by atoms with Gasteiger partial charge in [0, 0.05) is 21.7 Å². The van der Waals surface area contributed by atoms with Gasteiger partial charge >= 0.3 is 0 Å². The summed E-state index contributed by atoms with van der Waals surface area (Å²) in [5.74, 6) is -0.112. The molecule has 0 saturated heterocycles. The fourth-order valence-corrected chi connectivity index (χ4v) is 1.67. The zero-order valence-corrected chi connectivity index (χ0v) is 13.1. The van der Waals surface area contributed by atoms with Gasteiger partial charge in [0.05, 0.1) is 5.02 Å². The van der Waals surface area contributed by atoms with E-state index < -0.39 is 0 Å². The van der Waals surface area contributed by atoms with Crippen molar-refractivity contribution in [3.63, 3.8) is 0 Å². The first-order chi connectivity index (χ1) is 7.50. The minimum atomic E-state index is -0.112. The molecule has 0 fully saturated rings. The van der Waals surface area contributed by atoms with Crippen LogP contribution >= 0.6 is 46.6 Å². The summed E-state index contributed by atoms with van der Waals surface area (Å²) in [5, 5.41) is 3.39. The molecule has 0 aliphatic carbocycles. The predicted octanol–water partition coefficient (Wildman–Crippen LogP) is 2.83. The van der Waals surface area contributed by atoms with Gasteiger partial charge in [-0.05, 0) is 54.1 Å². The molecular formula is C11H15Cl2IN2O. The summed E-state index contributed by atoms with van der Waals surface area (Å²) in [6.45, 7) is 2.49. The highest BCUT2D eigenvalue weighted by molar-refractivity contribution is 14.1. The van der Waals surface area contributed by atoms with Crippen LogP contribution in [0.15, 0.2) is 18.2 Å². The summed E-state index contributed by atoms with van der Waals surface area (Å²) in [7, 11) is 0. The van der Waals surface area contributed by atoms with Gasteiger partial charge < -0.3 is 11.1 Å². The van der Waals surface area contributed by atoms with Crippen LogP contribution in [0.5, 0.6) is 0 Å². The van der Waals surface area contributed by atoms with E-state index in [0.717, 1.165) is 9.99 Å². The van der Waals surface area contributed by atoms with E-state index in [1.807, 2.05) is 13.0 Å². The topological polar surface area (TPSA) is 55.1 Å². The lowest BCUT2D eigenvalue weighted by molar-refractivity contribution is 0.0953. The summed E-state index contributed by atoms with van der Waals surface area (Å²) >= 11 is 8.06. The second kappa shape index (κ2) is 8.13. The highest BCUT2D eigenvalue weighted by Crippen LogP contribution is 2.19. The van der Waals surface area contributed by atoms with Gasteiger partial charge in [-0.25, -0.2) is 0 Å². The number of hydrogen-bond donors (Lipinski definition) is 2. The Balaban J connectivity index is 0.00000256. The van der Waals surface area contributed by atoms with Crippen molar-refractivity contribution < 1.29 is 4.79 Å². The molecule has 3 nitrogen and oxygen atoms in total. The second-order valence-corrected chi connectivity index (χ2v) is 5.22. The summed E-state index contributed by atoms with van der Waals surface area (Å²) in [4.78, 5) is 11.7. The molecule has 1 rings (SSSR count). The molecular weight excluding hydrogens is 374 g/mol. The van der Waals surface area contributed by atoms with Gasteiger partial charge in [0.15, 0.2) is 0 Å². The lowest BCUT2D eigenvalue weighted by atomic mass is 10.2. The predicted molar refractivity (Wildman–Crippen MR) is 82.0 cm³/mol. The third-order valence-corrected chi connectivity index (χ3v) is 3.64. The van der Waals surface area contributed by atoms with Crippen molar-refractivity contribution >= 4 is 52.5 Å². The van der Waals surface area contributed by atoms with Crippen molar-refractivity contribution in [1.29, 1.82) is 0 Å². The zero-order chi connectivity index (χ0) is 12.1. The first-order valence-electron chi connectivity index (χ1n) is 4.99. The first kappa shape index (κ1) is 17.0. The van der Waals surface area contributed by atoms with E-state index in [1.54, 1.807) is 12.1 Å². The number of rotatable bonds is 4. The van der Waals surface area contributed by atoms with Crippen molar-refractivity contribution in [2.24, 2.45) is 5.73 Å². The Morgan fingerprint density at radius 2 is 2.24 bits per heavy atom. The minimum Gasteiger partial charge on any atom is -0.352 e. The SMILES string of the molecule is CC(N)CCNC(=O)c1ccc(I)c(Cl)c1.Cl. The molecule has 0 bridgehead atoms. The van der Waals surface area contributed by atoms with Crippen LogP contribution in [0, 0.1) is 3.57 Å². The molecule has 17 heavy (non-hydrogen) atoms. The zero-order valence-electron chi connectivity index (χ0n) is 9.37. The van der Waals surface area contributed by atoms with Gasteiger partial charge in [-0.15, -0.1) is 12.4 Å². The number of carbonyl (C=O) groups excluding carboxylic acids is 1. The lowest BCUT2D eigenvalue weighted by Crippen LogP contribution is -2.28. The Labute approximate surface area is 126 Å². The molecule has 1 aromatic carbocycles. The Hall–Kier alpha value is -0.0400. The van der Waals surface area contributed by atoms with Gasteiger partial charge in [0.1, 0.15) is 0 Å². The van der Waals surface area contributed by atoms with E-state index in [1.165, 1.54) is 0 Å². The molecule has 1 atom stereocenters. The van der Waals surface area contributed by atoms with E-state index in [4.69, 9.17) is 17.3 Å². The van der Waals surface area contributed by atoms with E-state index >= 15 is 0 Å². The maximum atomic E-state index is 11.7. The molecule has 0 saturated carbocycles. The summed E-state index contributed by atoms with van der Waals surface area (Å²) in [6.07, 6.45) is 0.768. The molecule has 3 N–H and O–H groups in total. The van der Waals surface area contributed by atoms with Crippen LogP contribution in [-0.4, -0.2) is 18.5 Å². The Bertz CT molecular complexity index is 386. The summed E-state index contributed by atoms with van der Waals surface area (Å²) < 4.78 is 0.936. The number of benzene rings is 1. The quantitative estimate of drug-likeness (QED) is 0.779. The fraction of sp³-hybridized carbons (Fsp3) is 0.364. The van der Waals surface area contributed by atoms with Gasteiger partial charge in [0.25, 0.3) is 5.91 Å². The Morgan fingerprint density at radius 3 is 2.76 bits per heavy atom. The van der Waals surface area contributed by atoms with Crippen LogP contribution in [-0.2, 0) is 0 Å². The van der Waals surface area contributed by atoms with Crippen molar-refractivity contribution in [3.8, 4) is 0 Å². The molecule has 6 heteroatoms. The molecule has 1 amide bonds. The van der Waals surface area contributed by atoms with Crippen molar-refractivity contribution in [2.75, 3.05) is 6.54 Å².